The van der Waals surface area contributed by atoms with Gasteiger partial charge in [-0.25, -0.2) is 0 Å². The molecule has 1 aromatic heterocycles. The maximum atomic E-state index is 12.3. The Labute approximate surface area is 186 Å². The number of hydrogen-bond acceptors (Lipinski definition) is 5. The van der Waals surface area contributed by atoms with Crippen molar-refractivity contribution >= 4 is 29.3 Å². The van der Waals surface area contributed by atoms with E-state index < -0.39 is 0 Å². The summed E-state index contributed by atoms with van der Waals surface area (Å²) in [6.45, 7) is 6.40. The van der Waals surface area contributed by atoms with Crippen LogP contribution in [0.5, 0.6) is 0 Å². The summed E-state index contributed by atoms with van der Waals surface area (Å²) < 4.78 is 1.79. The molecule has 0 unspecified atom stereocenters. The number of amides is 2. The predicted molar refractivity (Wildman–Crippen MR) is 124 cm³/mol. The number of rotatable bonds is 9. The molecule has 2 aromatic carbocycles. The fraction of sp³-hybridized carbons (Fsp3) is 0.304. The van der Waals surface area contributed by atoms with Crippen molar-refractivity contribution in [2.75, 3.05) is 17.6 Å². The fourth-order valence-electron chi connectivity index (χ4n) is 3.03. The lowest BCUT2D eigenvalue weighted by Crippen LogP contribution is -2.27. The Morgan fingerprint density at radius 1 is 1.13 bits per heavy atom. The molecule has 3 aromatic rings. The van der Waals surface area contributed by atoms with Crippen LogP contribution in [0.15, 0.2) is 60.0 Å². The maximum Gasteiger partial charge on any atom is 0.230 e. The standard InChI is InChI=1S/C23H27N5O2S/c1-16(2)19-9-7-18(8-10-19)11-12-24-22(30)14-31-23-27-25-15-28(23)21-6-4-5-20(13-21)26-17(3)29/h4-10,13,15-16H,11-12,14H2,1-3H3,(H,24,30)(H,26,29). The lowest BCUT2D eigenvalue weighted by molar-refractivity contribution is -0.118. The summed E-state index contributed by atoms with van der Waals surface area (Å²) in [7, 11) is 0. The molecule has 0 radical (unpaired) electrons. The molecule has 3 rings (SSSR count). The van der Waals surface area contributed by atoms with E-state index in [1.54, 1.807) is 10.9 Å². The quantitative estimate of drug-likeness (QED) is 0.497. The number of nitrogens with one attached hydrogen (secondary N) is 2. The average molecular weight is 438 g/mol. The summed E-state index contributed by atoms with van der Waals surface area (Å²) >= 11 is 1.32. The molecule has 7 nitrogen and oxygen atoms in total. The molecule has 0 aliphatic heterocycles. The largest absolute Gasteiger partial charge is 0.355 e. The number of aromatic nitrogens is 3. The lowest BCUT2D eigenvalue weighted by atomic mass is 10.0. The molecule has 162 valence electrons. The zero-order chi connectivity index (χ0) is 22.2. The number of benzene rings is 2. The Balaban J connectivity index is 1.50. The van der Waals surface area contributed by atoms with E-state index in [1.165, 1.54) is 29.8 Å². The Kier molecular flexibility index (Phi) is 7.83. The topological polar surface area (TPSA) is 88.9 Å². The molecule has 2 N–H and O–H groups in total. The normalized spacial score (nSPS) is 10.8. The molecular formula is C23H27N5O2S. The van der Waals surface area contributed by atoms with Crippen LogP contribution in [0.4, 0.5) is 5.69 Å². The van der Waals surface area contributed by atoms with Gasteiger partial charge in [0, 0.05) is 19.2 Å². The van der Waals surface area contributed by atoms with Crippen molar-refractivity contribution in [3.63, 3.8) is 0 Å². The highest BCUT2D eigenvalue weighted by molar-refractivity contribution is 7.99. The smallest absolute Gasteiger partial charge is 0.230 e. The summed E-state index contributed by atoms with van der Waals surface area (Å²) in [5.74, 6) is 0.574. The second-order valence-electron chi connectivity index (χ2n) is 7.50. The molecule has 0 saturated heterocycles. The van der Waals surface area contributed by atoms with Gasteiger partial charge in [0.05, 0.1) is 11.4 Å². The van der Waals surface area contributed by atoms with Gasteiger partial charge in [-0.1, -0.05) is 55.9 Å². The van der Waals surface area contributed by atoms with Gasteiger partial charge >= 0.3 is 0 Å². The van der Waals surface area contributed by atoms with E-state index in [9.17, 15) is 9.59 Å². The molecule has 31 heavy (non-hydrogen) atoms. The van der Waals surface area contributed by atoms with Crippen LogP contribution in [0.2, 0.25) is 0 Å². The Bertz CT molecular complexity index is 1030. The molecule has 8 heteroatoms. The van der Waals surface area contributed by atoms with E-state index in [-0.39, 0.29) is 17.6 Å². The minimum Gasteiger partial charge on any atom is -0.355 e. The van der Waals surface area contributed by atoms with Crippen LogP contribution < -0.4 is 10.6 Å². The fourth-order valence-corrected chi connectivity index (χ4v) is 3.79. The average Bonchev–Trinajstić information content (AvgIpc) is 3.21. The third-order valence-electron chi connectivity index (χ3n) is 4.68. The molecule has 1 heterocycles. The molecule has 0 aliphatic rings. The third kappa shape index (κ3) is 6.68. The number of thioether (sulfide) groups is 1. The first-order valence-corrected chi connectivity index (χ1v) is 11.2. The molecular weight excluding hydrogens is 410 g/mol. The second-order valence-corrected chi connectivity index (χ2v) is 8.44. The number of hydrogen-bond donors (Lipinski definition) is 2. The molecule has 0 atom stereocenters. The minimum absolute atomic E-state index is 0.0506. The van der Waals surface area contributed by atoms with Gasteiger partial charge in [-0.15, -0.1) is 10.2 Å². The molecule has 0 aliphatic carbocycles. The maximum absolute atomic E-state index is 12.3. The van der Waals surface area contributed by atoms with Gasteiger partial charge in [0.1, 0.15) is 6.33 Å². The minimum atomic E-state index is -0.136. The van der Waals surface area contributed by atoms with Gasteiger partial charge in [0.2, 0.25) is 11.8 Å². The first kappa shape index (κ1) is 22.6. The van der Waals surface area contributed by atoms with Crippen molar-refractivity contribution in [2.45, 2.75) is 38.3 Å². The van der Waals surface area contributed by atoms with Crippen molar-refractivity contribution < 1.29 is 9.59 Å². The molecule has 0 fully saturated rings. The van der Waals surface area contributed by atoms with Crippen molar-refractivity contribution in [3.05, 3.63) is 66.0 Å². The van der Waals surface area contributed by atoms with Crippen LogP contribution in [0.1, 0.15) is 37.8 Å². The highest BCUT2D eigenvalue weighted by Gasteiger charge is 2.11. The first-order chi connectivity index (χ1) is 14.9. The molecule has 0 spiro atoms. The lowest BCUT2D eigenvalue weighted by Gasteiger charge is -2.09. The van der Waals surface area contributed by atoms with Crippen LogP contribution in [0.3, 0.4) is 0 Å². The highest BCUT2D eigenvalue weighted by atomic mass is 32.2. The summed E-state index contributed by atoms with van der Waals surface area (Å²) in [5.41, 5.74) is 4.02. The van der Waals surface area contributed by atoms with Crippen LogP contribution in [-0.2, 0) is 16.0 Å². The molecule has 0 bridgehead atoms. The second kappa shape index (κ2) is 10.8. The van der Waals surface area contributed by atoms with Crippen molar-refractivity contribution in [2.24, 2.45) is 0 Å². The predicted octanol–water partition coefficient (Wildman–Crippen LogP) is 3.80. The first-order valence-electron chi connectivity index (χ1n) is 10.2. The van der Waals surface area contributed by atoms with E-state index in [4.69, 9.17) is 0 Å². The van der Waals surface area contributed by atoms with Crippen molar-refractivity contribution in [1.29, 1.82) is 0 Å². The summed E-state index contributed by atoms with van der Waals surface area (Å²) in [5, 5.41) is 14.4. The van der Waals surface area contributed by atoms with Gasteiger partial charge < -0.3 is 10.6 Å². The van der Waals surface area contributed by atoms with Crippen LogP contribution in [0.25, 0.3) is 5.69 Å². The van der Waals surface area contributed by atoms with Crippen LogP contribution in [-0.4, -0.2) is 38.9 Å². The molecule has 0 saturated carbocycles. The summed E-state index contributed by atoms with van der Waals surface area (Å²) in [6, 6.07) is 15.9. The van der Waals surface area contributed by atoms with Crippen LogP contribution in [0, 0.1) is 0 Å². The number of nitrogens with zero attached hydrogens (tertiary/aromatic N) is 3. The van der Waals surface area contributed by atoms with E-state index in [1.807, 2.05) is 24.3 Å². The zero-order valence-corrected chi connectivity index (χ0v) is 18.8. The zero-order valence-electron chi connectivity index (χ0n) is 18.0. The summed E-state index contributed by atoms with van der Waals surface area (Å²) in [4.78, 5) is 23.5. The van der Waals surface area contributed by atoms with Gasteiger partial charge in [0.25, 0.3) is 0 Å². The van der Waals surface area contributed by atoms with E-state index >= 15 is 0 Å². The number of carbonyl (C=O) groups is 2. The summed E-state index contributed by atoms with van der Waals surface area (Å²) in [6.07, 6.45) is 2.38. The Morgan fingerprint density at radius 3 is 2.61 bits per heavy atom. The highest BCUT2D eigenvalue weighted by Crippen LogP contribution is 2.21. The Morgan fingerprint density at radius 2 is 1.90 bits per heavy atom. The van der Waals surface area contributed by atoms with Gasteiger partial charge in [0.15, 0.2) is 5.16 Å². The number of carbonyl (C=O) groups excluding carboxylic acids is 2. The SMILES string of the molecule is CC(=O)Nc1cccc(-n2cnnc2SCC(=O)NCCc2ccc(C(C)C)cc2)c1. The van der Waals surface area contributed by atoms with Crippen molar-refractivity contribution in [1.82, 2.24) is 20.1 Å². The number of anilines is 1. The van der Waals surface area contributed by atoms with E-state index in [2.05, 4.69) is 58.9 Å². The van der Waals surface area contributed by atoms with Gasteiger partial charge in [-0.05, 0) is 41.7 Å². The van der Waals surface area contributed by atoms with E-state index in [0.29, 0.717) is 23.3 Å². The van der Waals surface area contributed by atoms with Gasteiger partial charge in [-0.2, -0.15) is 0 Å². The molecule has 2 amide bonds. The van der Waals surface area contributed by atoms with Crippen LogP contribution >= 0.6 is 11.8 Å². The van der Waals surface area contributed by atoms with Gasteiger partial charge in [-0.3, -0.25) is 14.2 Å². The monoisotopic (exact) mass is 437 g/mol. The van der Waals surface area contributed by atoms with E-state index in [0.717, 1.165) is 12.1 Å². The van der Waals surface area contributed by atoms with Crippen molar-refractivity contribution in [3.8, 4) is 5.69 Å². The Hall–Kier alpha value is -3.13. The third-order valence-corrected chi connectivity index (χ3v) is 5.62.